The van der Waals surface area contributed by atoms with Crippen molar-refractivity contribution in [2.75, 3.05) is 5.88 Å². The molecule has 1 aromatic rings. The molecule has 2 nitrogen and oxygen atoms in total. The first kappa shape index (κ1) is 17.5. The van der Waals surface area contributed by atoms with Crippen molar-refractivity contribution < 1.29 is 4.55 Å². The van der Waals surface area contributed by atoms with Crippen LogP contribution < -0.4 is 0 Å². The molecule has 1 rings (SSSR count). The number of alkyl halides is 1. The van der Waals surface area contributed by atoms with Gasteiger partial charge in [-0.1, -0.05) is 41.2 Å². The Morgan fingerprint density at radius 3 is 2.35 bits per heavy atom. The average molecular weight is 314 g/mol. The van der Waals surface area contributed by atoms with Crippen LogP contribution in [0.25, 0.3) is 0 Å². The zero-order chi connectivity index (χ0) is 15.0. The maximum atomic E-state index is 12.2. The lowest BCUT2D eigenvalue weighted by molar-refractivity contribution is 0.561. The van der Waals surface area contributed by atoms with Gasteiger partial charge in [0, 0.05) is 11.4 Å². The molecule has 1 atom stereocenters. The van der Waals surface area contributed by atoms with Crippen LogP contribution in [-0.2, 0) is 11.4 Å². The highest BCUT2D eigenvalue weighted by Gasteiger charge is 2.27. The summed E-state index contributed by atoms with van der Waals surface area (Å²) >= 11 is 4.49. The Bertz CT molecular complexity index is 414. The zero-order valence-electron chi connectivity index (χ0n) is 12.6. The Morgan fingerprint density at radius 2 is 1.80 bits per heavy atom. The number of halogens is 1. The molecule has 0 saturated carbocycles. The highest BCUT2D eigenvalue weighted by atomic mass is 35.5. The van der Waals surface area contributed by atoms with Crippen molar-refractivity contribution in [1.29, 1.82) is 0 Å². The van der Waals surface area contributed by atoms with Gasteiger partial charge < -0.3 is 4.55 Å². The molecule has 0 heterocycles. The fourth-order valence-electron chi connectivity index (χ4n) is 1.67. The lowest BCUT2D eigenvalue weighted by atomic mass is 10.0. The third-order valence-corrected chi connectivity index (χ3v) is 4.57. The van der Waals surface area contributed by atoms with Crippen LogP contribution in [0.15, 0.2) is 34.7 Å². The fraction of sp³-hybridized carbons (Fsp3) is 0.562. The summed E-state index contributed by atoms with van der Waals surface area (Å²) in [5, 5.41) is 0. The van der Waals surface area contributed by atoms with Crippen molar-refractivity contribution in [2.24, 2.45) is 4.40 Å². The van der Waals surface area contributed by atoms with Crippen LogP contribution in [0.1, 0.15) is 52.0 Å². The molecule has 20 heavy (non-hydrogen) atoms. The summed E-state index contributed by atoms with van der Waals surface area (Å²) in [6, 6.07) is 10.0. The molecule has 1 unspecified atom stereocenters. The zero-order valence-corrected chi connectivity index (χ0v) is 14.1. The monoisotopic (exact) mass is 313 g/mol. The summed E-state index contributed by atoms with van der Waals surface area (Å²) in [5.41, 5.74) is 2.00. The van der Waals surface area contributed by atoms with Gasteiger partial charge in [0.1, 0.15) is 16.1 Å². The van der Waals surface area contributed by atoms with Crippen molar-refractivity contribution in [3.8, 4) is 0 Å². The topological polar surface area (TPSA) is 35.4 Å². The largest absolute Gasteiger partial charge is 0.591 e. The van der Waals surface area contributed by atoms with Gasteiger partial charge in [-0.2, -0.15) is 0 Å². The fourth-order valence-corrected chi connectivity index (χ4v) is 2.53. The van der Waals surface area contributed by atoms with Crippen LogP contribution in [0.3, 0.4) is 0 Å². The number of rotatable bonds is 7. The molecule has 1 aromatic carbocycles. The summed E-state index contributed by atoms with van der Waals surface area (Å²) in [6.45, 7) is 5.84. The minimum atomic E-state index is -1.21. The molecule has 0 bridgehead atoms. The van der Waals surface area contributed by atoms with Crippen molar-refractivity contribution >= 4 is 28.7 Å². The van der Waals surface area contributed by atoms with E-state index in [4.69, 9.17) is 11.6 Å². The van der Waals surface area contributed by atoms with Gasteiger partial charge in [0.15, 0.2) is 0 Å². The Kier molecular flexibility index (Phi) is 7.63. The van der Waals surface area contributed by atoms with Gasteiger partial charge in [-0.15, -0.1) is 11.6 Å². The Labute approximate surface area is 131 Å². The molecular formula is C16H24ClNOS. The summed E-state index contributed by atoms with van der Waals surface area (Å²) < 4.78 is 16.4. The van der Waals surface area contributed by atoms with E-state index in [2.05, 4.69) is 4.40 Å². The van der Waals surface area contributed by atoms with E-state index in [1.165, 1.54) is 0 Å². The molecule has 0 aromatic heterocycles. The SMILES string of the molecule is CC(C)(C)[S+]([O-])/N=C(\CCCCCCl)c1ccccc1. The predicted octanol–water partition coefficient (Wildman–Crippen LogP) is 4.74. The summed E-state index contributed by atoms with van der Waals surface area (Å²) in [6.07, 6.45) is 3.98. The van der Waals surface area contributed by atoms with Gasteiger partial charge in [-0.05, 0) is 40.0 Å². The van der Waals surface area contributed by atoms with Crippen molar-refractivity contribution in [1.82, 2.24) is 0 Å². The van der Waals surface area contributed by atoms with E-state index in [-0.39, 0.29) is 4.75 Å². The highest BCUT2D eigenvalue weighted by Crippen LogP contribution is 2.20. The van der Waals surface area contributed by atoms with Crippen LogP contribution in [-0.4, -0.2) is 20.9 Å². The van der Waals surface area contributed by atoms with E-state index in [9.17, 15) is 4.55 Å². The van der Waals surface area contributed by atoms with E-state index in [1.54, 1.807) is 0 Å². The number of unbranched alkanes of at least 4 members (excludes halogenated alkanes) is 2. The van der Waals surface area contributed by atoms with Gasteiger partial charge in [-0.3, -0.25) is 0 Å². The molecule has 0 amide bonds. The third-order valence-electron chi connectivity index (χ3n) is 2.87. The van der Waals surface area contributed by atoms with Crippen LogP contribution in [0.5, 0.6) is 0 Å². The Morgan fingerprint density at radius 1 is 1.15 bits per heavy atom. The van der Waals surface area contributed by atoms with E-state index < -0.39 is 11.4 Å². The molecule has 0 spiro atoms. The summed E-state index contributed by atoms with van der Waals surface area (Å²) in [7, 11) is 0. The highest BCUT2D eigenvalue weighted by molar-refractivity contribution is 7.91. The summed E-state index contributed by atoms with van der Waals surface area (Å²) in [5.74, 6) is 0.700. The number of hydrogen-bond donors (Lipinski definition) is 0. The molecule has 4 heteroatoms. The van der Waals surface area contributed by atoms with E-state index >= 15 is 0 Å². The Hall–Kier alpha value is -0.510. The molecule has 0 radical (unpaired) electrons. The van der Waals surface area contributed by atoms with E-state index in [0.29, 0.717) is 5.88 Å². The predicted molar refractivity (Wildman–Crippen MR) is 90.1 cm³/mol. The smallest absolute Gasteiger partial charge is 0.144 e. The molecule has 112 valence electrons. The average Bonchev–Trinajstić information content (AvgIpc) is 2.42. The van der Waals surface area contributed by atoms with Crippen LogP contribution in [0.2, 0.25) is 0 Å². The minimum absolute atomic E-state index is 0.323. The van der Waals surface area contributed by atoms with Gasteiger partial charge in [0.05, 0.1) is 5.71 Å². The van der Waals surface area contributed by atoms with Gasteiger partial charge >= 0.3 is 0 Å². The van der Waals surface area contributed by atoms with Crippen molar-refractivity contribution in [2.45, 2.75) is 51.2 Å². The van der Waals surface area contributed by atoms with Gasteiger partial charge in [-0.25, -0.2) is 0 Å². The van der Waals surface area contributed by atoms with Gasteiger partial charge in [0.2, 0.25) is 0 Å². The van der Waals surface area contributed by atoms with Gasteiger partial charge in [0.25, 0.3) is 0 Å². The second kappa shape index (κ2) is 8.71. The standard InChI is InChI=1S/C16H24ClNOS/c1-16(2,3)20(19)18-15(12-8-5-9-13-17)14-10-6-4-7-11-14/h4,6-7,10-11H,5,8-9,12-13H2,1-3H3/b18-15+. The first-order chi connectivity index (χ1) is 9.45. The lowest BCUT2D eigenvalue weighted by Gasteiger charge is -2.19. The van der Waals surface area contributed by atoms with Crippen molar-refractivity contribution in [3.63, 3.8) is 0 Å². The minimum Gasteiger partial charge on any atom is -0.591 e. The van der Waals surface area contributed by atoms with E-state index in [0.717, 1.165) is 37.0 Å². The molecule has 0 fully saturated rings. The molecular weight excluding hydrogens is 290 g/mol. The third kappa shape index (κ3) is 6.29. The first-order valence-corrected chi connectivity index (χ1v) is 8.70. The van der Waals surface area contributed by atoms with Crippen molar-refractivity contribution in [3.05, 3.63) is 35.9 Å². The summed E-state index contributed by atoms with van der Waals surface area (Å²) in [4.78, 5) is 0. The molecule has 0 saturated heterocycles. The first-order valence-electron chi connectivity index (χ1n) is 7.06. The number of benzene rings is 1. The molecule has 0 N–H and O–H groups in total. The van der Waals surface area contributed by atoms with E-state index in [1.807, 2.05) is 51.1 Å². The number of hydrogen-bond acceptors (Lipinski definition) is 2. The molecule has 0 aliphatic heterocycles. The van der Waals surface area contributed by atoms with Crippen LogP contribution in [0.4, 0.5) is 0 Å². The second-order valence-corrected chi connectivity index (χ2v) is 8.05. The molecule has 0 aliphatic rings. The number of nitrogens with zero attached hydrogens (tertiary/aromatic N) is 1. The maximum absolute atomic E-state index is 12.2. The second-order valence-electron chi connectivity index (χ2n) is 5.77. The Balaban J connectivity index is 2.82. The quantitative estimate of drug-likeness (QED) is 0.310. The normalized spacial score (nSPS) is 14.3. The lowest BCUT2D eigenvalue weighted by Crippen LogP contribution is -2.27. The van der Waals surface area contributed by atoms with Crippen LogP contribution in [0, 0.1) is 0 Å². The van der Waals surface area contributed by atoms with Crippen LogP contribution >= 0.6 is 11.6 Å². The maximum Gasteiger partial charge on any atom is 0.144 e. The molecule has 0 aliphatic carbocycles.